The normalized spacial score (nSPS) is 27.8. The van der Waals surface area contributed by atoms with E-state index in [-0.39, 0.29) is 30.2 Å². The Morgan fingerprint density at radius 3 is 2.64 bits per heavy atom. The topological polar surface area (TPSA) is 79.0 Å². The monoisotopic (exact) mass is 385 g/mol. The predicted molar refractivity (Wildman–Crippen MR) is 103 cm³/mol. The number of imide groups is 1. The highest BCUT2D eigenvalue weighted by molar-refractivity contribution is 6.05. The second-order valence-corrected chi connectivity index (χ2v) is 8.19. The number of ether oxygens (including phenoxy) is 1. The molecule has 4 rings (SSSR count). The Morgan fingerprint density at radius 1 is 1.11 bits per heavy atom. The lowest BCUT2D eigenvalue weighted by Crippen LogP contribution is -2.52. The summed E-state index contributed by atoms with van der Waals surface area (Å²) in [5.41, 5.74) is 1.49. The third kappa shape index (κ3) is 3.51. The highest BCUT2D eigenvalue weighted by Gasteiger charge is 2.39. The molecular weight excluding hydrogens is 358 g/mol. The van der Waals surface area contributed by atoms with Crippen LogP contribution in [0.15, 0.2) is 18.2 Å². The van der Waals surface area contributed by atoms with E-state index in [9.17, 15) is 14.4 Å². The molecule has 3 aliphatic rings. The first-order valence-corrected chi connectivity index (χ1v) is 10.0. The summed E-state index contributed by atoms with van der Waals surface area (Å²) in [5, 5.41) is 2.33. The highest BCUT2D eigenvalue weighted by atomic mass is 16.5. The average molecular weight is 385 g/mol. The van der Waals surface area contributed by atoms with Gasteiger partial charge in [-0.15, -0.1) is 0 Å². The van der Waals surface area contributed by atoms with Crippen LogP contribution < -0.4 is 10.1 Å². The predicted octanol–water partition coefficient (Wildman–Crippen LogP) is 1.70. The minimum atomic E-state index is -0.585. The van der Waals surface area contributed by atoms with Gasteiger partial charge in [0, 0.05) is 24.6 Å². The molecule has 1 saturated carbocycles. The van der Waals surface area contributed by atoms with Crippen LogP contribution in [-0.2, 0) is 16.1 Å². The van der Waals surface area contributed by atoms with Gasteiger partial charge in [-0.05, 0) is 63.5 Å². The number of carbonyl (C=O) groups is 3. The molecule has 1 aromatic rings. The zero-order valence-corrected chi connectivity index (χ0v) is 16.4. The molecule has 3 atom stereocenters. The van der Waals surface area contributed by atoms with Crippen molar-refractivity contribution >= 4 is 17.7 Å². The summed E-state index contributed by atoms with van der Waals surface area (Å²) < 4.78 is 6.31. The van der Waals surface area contributed by atoms with Crippen LogP contribution in [0.3, 0.4) is 0 Å². The van der Waals surface area contributed by atoms with Gasteiger partial charge < -0.3 is 14.5 Å². The van der Waals surface area contributed by atoms with Crippen molar-refractivity contribution in [1.29, 1.82) is 0 Å². The Morgan fingerprint density at radius 2 is 1.89 bits per heavy atom. The van der Waals surface area contributed by atoms with Crippen LogP contribution in [-0.4, -0.2) is 59.8 Å². The fraction of sp³-hybridized carbons (Fsp3) is 0.571. The first kappa shape index (κ1) is 18.9. The summed E-state index contributed by atoms with van der Waals surface area (Å²) in [4.78, 5) is 40.1. The van der Waals surface area contributed by atoms with Crippen LogP contribution in [0.2, 0.25) is 0 Å². The van der Waals surface area contributed by atoms with Gasteiger partial charge in [-0.3, -0.25) is 19.7 Å². The molecule has 2 aliphatic heterocycles. The van der Waals surface area contributed by atoms with Gasteiger partial charge in [-0.2, -0.15) is 0 Å². The van der Waals surface area contributed by atoms with E-state index in [0.29, 0.717) is 24.6 Å². The molecule has 7 heteroatoms. The van der Waals surface area contributed by atoms with Crippen molar-refractivity contribution in [3.63, 3.8) is 0 Å². The molecule has 0 spiro atoms. The summed E-state index contributed by atoms with van der Waals surface area (Å²) in [7, 11) is 4.18. The summed E-state index contributed by atoms with van der Waals surface area (Å²) in [6.45, 7) is 0.374. The number of amides is 3. The van der Waals surface area contributed by atoms with Crippen molar-refractivity contribution in [2.45, 2.75) is 63.3 Å². The quantitative estimate of drug-likeness (QED) is 0.798. The number of likely N-dealkylation sites (N-methyl/N-ethyl adjacent to an activating group) is 1. The van der Waals surface area contributed by atoms with Gasteiger partial charge in [-0.25, -0.2) is 0 Å². The fourth-order valence-corrected chi connectivity index (χ4v) is 4.60. The maximum Gasteiger partial charge on any atom is 0.255 e. The lowest BCUT2D eigenvalue weighted by Gasteiger charge is -2.36. The Kier molecular flexibility index (Phi) is 5.10. The van der Waals surface area contributed by atoms with E-state index >= 15 is 0 Å². The minimum absolute atomic E-state index is 0.144. The fourth-order valence-electron chi connectivity index (χ4n) is 4.60. The maximum atomic E-state index is 12.8. The number of hydrogen-bond donors (Lipinski definition) is 1. The van der Waals surface area contributed by atoms with Crippen molar-refractivity contribution in [3.05, 3.63) is 29.3 Å². The third-order valence-corrected chi connectivity index (χ3v) is 6.11. The molecule has 150 valence electrons. The van der Waals surface area contributed by atoms with E-state index in [0.717, 1.165) is 24.2 Å². The Bertz CT molecular complexity index is 807. The third-order valence-electron chi connectivity index (χ3n) is 6.11. The molecule has 2 unspecified atom stereocenters. The van der Waals surface area contributed by atoms with Crippen LogP contribution in [0.1, 0.15) is 54.4 Å². The zero-order valence-electron chi connectivity index (χ0n) is 16.4. The number of nitrogens with one attached hydrogen (secondary N) is 1. The largest absolute Gasteiger partial charge is 0.489 e. The van der Waals surface area contributed by atoms with Crippen molar-refractivity contribution in [1.82, 2.24) is 15.1 Å². The lowest BCUT2D eigenvalue weighted by molar-refractivity contribution is -0.136. The van der Waals surface area contributed by atoms with Crippen LogP contribution in [0, 0.1) is 0 Å². The summed E-state index contributed by atoms with van der Waals surface area (Å²) in [5.74, 6) is -0.0377. The Hall–Kier alpha value is -2.41. The molecule has 1 N–H and O–H groups in total. The van der Waals surface area contributed by atoms with Crippen LogP contribution in [0.5, 0.6) is 5.75 Å². The molecule has 1 aromatic carbocycles. The summed E-state index contributed by atoms with van der Waals surface area (Å²) >= 11 is 0. The second-order valence-electron chi connectivity index (χ2n) is 8.19. The minimum Gasteiger partial charge on any atom is -0.489 e. The molecule has 7 nitrogen and oxygen atoms in total. The molecule has 2 fully saturated rings. The zero-order chi connectivity index (χ0) is 19.8. The van der Waals surface area contributed by atoms with E-state index in [1.54, 1.807) is 11.0 Å². The molecule has 28 heavy (non-hydrogen) atoms. The number of fused-ring (bicyclic) bond motifs is 1. The second kappa shape index (κ2) is 7.54. The number of carbonyl (C=O) groups excluding carboxylic acids is 3. The Labute approximate surface area is 165 Å². The van der Waals surface area contributed by atoms with Gasteiger partial charge in [0.25, 0.3) is 5.91 Å². The SMILES string of the molecule is CN(C)C1CCCC[C@H]1Oc1ccc2c(c1)CN(C1CCC(=O)NC1=O)C2=O. The van der Waals surface area contributed by atoms with Gasteiger partial charge in [0.05, 0.1) is 0 Å². The molecule has 0 aromatic heterocycles. The van der Waals surface area contributed by atoms with Gasteiger partial charge >= 0.3 is 0 Å². The van der Waals surface area contributed by atoms with Gasteiger partial charge in [0.15, 0.2) is 0 Å². The van der Waals surface area contributed by atoms with E-state index < -0.39 is 6.04 Å². The van der Waals surface area contributed by atoms with E-state index in [1.165, 1.54) is 12.8 Å². The molecule has 0 bridgehead atoms. The number of benzene rings is 1. The van der Waals surface area contributed by atoms with Gasteiger partial charge in [0.1, 0.15) is 17.9 Å². The lowest BCUT2D eigenvalue weighted by atomic mass is 9.91. The molecule has 3 amide bonds. The maximum absolute atomic E-state index is 12.8. The van der Waals surface area contributed by atoms with Gasteiger partial charge in [-0.1, -0.05) is 6.42 Å². The molecule has 1 aliphatic carbocycles. The smallest absolute Gasteiger partial charge is 0.255 e. The number of nitrogens with zero attached hydrogens (tertiary/aromatic N) is 2. The van der Waals surface area contributed by atoms with Crippen molar-refractivity contribution in [2.24, 2.45) is 0 Å². The first-order chi connectivity index (χ1) is 13.4. The number of hydrogen-bond acceptors (Lipinski definition) is 5. The standard InChI is InChI=1S/C21H27N3O4/c1-23(2)16-5-3-4-6-18(16)28-14-7-8-15-13(11-14)12-24(21(15)27)17-9-10-19(25)22-20(17)26/h7-8,11,16-18H,3-6,9-10,12H2,1-2H3,(H,22,25,26)/t16?,17?,18-/m1/s1. The highest BCUT2D eigenvalue weighted by Crippen LogP contribution is 2.32. The average Bonchev–Trinajstić information content (AvgIpc) is 2.98. The van der Waals surface area contributed by atoms with Crippen LogP contribution >= 0.6 is 0 Å². The number of piperidine rings is 1. The van der Waals surface area contributed by atoms with E-state index in [1.807, 2.05) is 12.1 Å². The molecule has 2 heterocycles. The van der Waals surface area contributed by atoms with Gasteiger partial charge in [0.2, 0.25) is 11.8 Å². The van der Waals surface area contributed by atoms with Crippen molar-refractivity contribution in [2.75, 3.05) is 14.1 Å². The first-order valence-electron chi connectivity index (χ1n) is 10.0. The summed E-state index contributed by atoms with van der Waals surface area (Å²) in [6.07, 6.45) is 5.33. The Balaban J connectivity index is 1.49. The van der Waals surface area contributed by atoms with Crippen molar-refractivity contribution in [3.8, 4) is 5.75 Å². The summed E-state index contributed by atoms with van der Waals surface area (Å²) in [6, 6.07) is 5.39. The molecule has 0 radical (unpaired) electrons. The number of rotatable bonds is 4. The van der Waals surface area contributed by atoms with Crippen LogP contribution in [0.25, 0.3) is 0 Å². The van der Waals surface area contributed by atoms with Crippen LogP contribution in [0.4, 0.5) is 0 Å². The molecule has 1 saturated heterocycles. The van der Waals surface area contributed by atoms with E-state index in [4.69, 9.17) is 4.74 Å². The molecular formula is C21H27N3O4. The van der Waals surface area contributed by atoms with Crippen molar-refractivity contribution < 1.29 is 19.1 Å². The van der Waals surface area contributed by atoms with E-state index in [2.05, 4.69) is 24.3 Å².